The maximum atomic E-state index is 12.7. The van der Waals surface area contributed by atoms with Crippen molar-refractivity contribution in [3.05, 3.63) is 71.9 Å². The standard InChI is InChI=1S/C24H22N2O5/c1-28-21-11-18(12-22(29-2)23(21)30-3)24(27)25-14-19-13-20(31-26-19)17-9-8-15-6-4-5-7-16(15)10-17/h4-13H,14H2,1-3H3,(H,25,27). The third-order valence-electron chi connectivity index (χ3n) is 4.95. The zero-order chi connectivity index (χ0) is 21.8. The van der Waals surface area contributed by atoms with Crippen molar-refractivity contribution in [2.45, 2.75) is 6.54 Å². The molecule has 7 heteroatoms. The minimum atomic E-state index is -0.297. The van der Waals surface area contributed by atoms with E-state index in [1.54, 1.807) is 12.1 Å². The van der Waals surface area contributed by atoms with E-state index in [9.17, 15) is 4.79 Å². The zero-order valence-electron chi connectivity index (χ0n) is 17.5. The Hall–Kier alpha value is -4.00. The fraction of sp³-hybridized carbons (Fsp3) is 0.167. The second-order valence-corrected chi connectivity index (χ2v) is 6.84. The van der Waals surface area contributed by atoms with Crippen LogP contribution in [0.3, 0.4) is 0 Å². The first-order valence-electron chi connectivity index (χ1n) is 9.66. The number of hydrogen-bond donors (Lipinski definition) is 1. The van der Waals surface area contributed by atoms with E-state index in [1.807, 2.05) is 42.5 Å². The average Bonchev–Trinajstić information content (AvgIpc) is 3.30. The van der Waals surface area contributed by atoms with E-state index in [-0.39, 0.29) is 12.5 Å². The minimum Gasteiger partial charge on any atom is -0.493 e. The molecule has 3 aromatic carbocycles. The van der Waals surface area contributed by atoms with Gasteiger partial charge in [-0.1, -0.05) is 41.6 Å². The number of benzene rings is 3. The molecule has 0 unspecified atom stereocenters. The SMILES string of the molecule is COc1cc(C(=O)NCc2cc(-c3ccc4ccccc4c3)on2)cc(OC)c1OC. The third kappa shape index (κ3) is 4.16. The number of carbonyl (C=O) groups is 1. The highest BCUT2D eigenvalue weighted by atomic mass is 16.5. The lowest BCUT2D eigenvalue weighted by Gasteiger charge is -2.13. The Morgan fingerprint density at radius 2 is 1.61 bits per heavy atom. The highest BCUT2D eigenvalue weighted by Gasteiger charge is 2.17. The monoisotopic (exact) mass is 418 g/mol. The van der Waals surface area contributed by atoms with Gasteiger partial charge in [0, 0.05) is 17.2 Å². The van der Waals surface area contributed by atoms with Gasteiger partial charge < -0.3 is 24.1 Å². The Morgan fingerprint density at radius 1 is 0.903 bits per heavy atom. The van der Waals surface area contributed by atoms with Gasteiger partial charge >= 0.3 is 0 Å². The van der Waals surface area contributed by atoms with Gasteiger partial charge in [0.1, 0.15) is 5.69 Å². The van der Waals surface area contributed by atoms with Crippen molar-refractivity contribution in [3.8, 4) is 28.6 Å². The Kier molecular flexibility index (Phi) is 5.75. The smallest absolute Gasteiger partial charge is 0.251 e. The Morgan fingerprint density at radius 3 is 2.29 bits per heavy atom. The van der Waals surface area contributed by atoms with Gasteiger partial charge in [-0.3, -0.25) is 4.79 Å². The largest absolute Gasteiger partial charge is 0.493 e. The van der Waals surface area contributed by atoms with Crippen LogP contribution in [0.25, 0.3) is 22.1 Å². The molecule has 0 radical (unpaired) electrons. The number of nitrogens with zero attached hydrogens (tertiary/aromatic N) is 1. The summed E-state index contributed by atoms with van der Waals surface area (Å²) in [6, 6.07) is 19.2. The molecule has 1 amide bonds. The number of fused-ring (bicyclic) bond motifs is 1. The molecule has 0 spiro atoms. The fourth-order valence-corrected chi connectivity index (χ4v) is 3.36. The molecule has 0 atom stereocenters. The molecule has 0 bridgehead atoms. The summed E-state index contributed by atoms with van der Waals surface area (Å²) < 4.78 is 21.4. The van der Waals surface area contributed by atoms with E-state index in [4.69, 9.17) is 18.7 Å². The van der Waals surface area contributed by atoms with E-state index in [1.165, 1.54) is 21.3 Å². The molecule has 0 saturated heterocycles. The zero-order valence-corrected chi connectivity index (χ0v) is 17.5. The van der Waals surface area contributed by atoms with Crippen LogP contribution in [-0.2, 0) is 6.54 Å². The minimum absolute atomic E-state index is 0.215. The van der Waals surface area contributed by atoms with Gasteiger partial charge in [0.15, 0.2) is 17.3 Å². The number of amides is 1. The van der Waals surface area contributed by atoms with Crippen molar-refractivity contribution in [3.63, 3.8) is 0 Å². The molecule has 1 N–H and O–H groups in total. The van der Waals surface area contributed by atoms with Crippen molar-refractivity contribution >= 4 is 16.7 Å². The highest BCUT2D eigenvalue weighted by molar-refractivity contribution is 5.95. The first-order valence-corrected chi connectivity index (χ1v) is 9.66. The molecule has 0 aliphatic rings. The topological polar surface area (TPSA) is 82.8 Å². The van der Waals surface area contributed by atoms with Crippen molar-refractivity contribution in [2.24, 2.45) is 0 Å². The van der Waals surface area contributed by atoms with Crippen LogP contribution < -0.4 is 19.5 Å². The van der Waals surface area contributed by atoms with Crippen LogP contribution in [0, 0.1) is 0 Å². The number of rotatable bonds is 7. The molecule has 1 heterocycles. The van der Waals surface area contributed by atoms with E-state index < -0.39 is 0 Å². The molecule has 4 aromatic rings. The van der Waals surface area contributed by atoms with Crippen molar-refractivity contribution in [2.75, 3.05) is 21.3 Å². The summed E-state index contributed by atoms with van der Waals surface area (Å²) >= 11 is 0. The second-order valence-electron chi connectivity index (χ2n) is 6.84. The summed E-state index contributed by atoms with van der Waals surface area (Å²) in [4.78, 5) is 12.7. The molecule has 0 aliphatic heterocycles. The normalized spacial score (nSPS) is 10.7. The van der Waals surface area contributed by atoms with Gasteiger partial charge in [0.05, 0.1) is 27.9 Å². The van der Waals surface area contributed by atoms with Crippen LogP contribution in [0.15, 0.2) is 65.2 Å². The molecule has 7 nitrogen and oxygen atoms in total. The van der Waals surface area contributed by atoms with Crippen LogP contribution in [0.4, 0.5) is 0 Å². The molecule has 1 aromatic heterocycles. The molecule has 0 fully saturated rings. The highest BCUT2D eigenvalue weighted by Crippen LogP contribution is 2.38. The summed E-state index contributed by atoms with van der Waals surface area (Å²) in [6.07, 6.45) is 0. The molecule has 0 saturated carbocycles. The molecular formula is C24H22N2O5. The van der Waals surface area contributed by atoms with E-state index in [0.29, 0.717) is 34.3 Å². The van der Waals surface area contributed by atoms with Crippen LogP contribution in [0.1, 0.15) is 16.1 Å². The lowest BCUT2D eigenvalue weighted by molar-refractivity contribution is 0.0949. The Balaban J connectivity index is 1.48. The fourth-order valence-electron chi connectivity index (χ4n) is 3.36. The molecule has 4 rings (SSSR count). The Bertz CT molecular complexity index is 1210. The summed E-state index contributed by atoms with van der Waals surface area (Å²) in [5.74, 6) is 1.59. The van der Waals surface area contributed by atoms with E-state index in [0.717, 1.165) is 16.3 Å². The lowest BCUT2D eigenvalue weighted by Crippen LogP contribution is -2.23. The molecule has 158 valence electrons. The van der Waals surface area contributed by atoms with Gasteiger partial charge in [-0.25, -0.2) is 0 Å². The van der Waals surface area contributed by atoms with Crippen LogP contribution in [-0.4, -0.2) is 32.4 Å². The predicted molar refractivity (Wildman–Crippen MR) is 117 cm³/mol. The first kappa shape index (κ1) is 20.3. The lowest BCUT2D eigenvalue weighted by atomic mass is 10.1. The number of carbonyl (C=O) groups excluding carboxylic acids is 1. The maximum Gasteiger partial charge on any atom is 0.251 e. The summed E-state index contributed by atoms with van der Waals surface area (Å²) in [7, 11) is 4.52. The van der Waals surface area contributed by atoms with E-state index >= 15 is 0 Å². The van der Waals surface area contributed by atoms with Gasteiger partial charge in [-0.2, -0.15) is 0 Å². The van der Waals surface area contributed by atoms with Crippen LogP contribution in [0.5, 0.6) is 17.2 Å². The molecular weight excluding hydrogens is 396 g/mol. The number of ether oxygens (including phenoxy) is 3. The third-order valence-corrected chi connectivity index (χ3v) is 4.95. The molecule has 0 aliphatic carbocycles. The number of hydrogen-bond acceptors (Lipinski definition) is 6. The summed E-state index contributed by atoms with van der Waals surface area (Å²) in [6.45, 7) is 0.215. The van der Waals surface area contributed by atoms with Gasteiger partial charge in [-0.05, 0) is 29.0 Å². The summed E-state index contributed by atoms with van der Waals surface area (Å²) in [5.41, 5.74) is 1.92. The quantitative estimate of drug-likeness (QED) is 0.477. The van der Waals surface area contributed by atoms with Crippen molar-refractivity contribution in [1.82, 2.24) is 10.5 Å². The van der Waals surface area contributed by atoms with Gasteiger partial charge in [0.2, 0.25) is 5.75 Å². The van der Waals surface area contributed by atoms with Gasteiger partial charge in [0.25, 0.3) is 5.91 Å². The van der Waals surface area contributed by atoms with Crippen LogP contribution >= 0.6 is 0 Å². The molecule has 31 heavy (non-hydrogen) atoms. The second kappa shape index (κ2) is 8.79. The van der Waals surface area contributed by atoms with E-state index in [2.05, 4.69) is 16.5 Å². The number of aromatic nitrogens is 1. The predicted octanol–water partition coefficient (Wildman–Crippen LogP) is 4.45. The van der Waals surface area contributed by atoms with Crippen molar-refractivity contribution in [1.29, 1.82) is 0 Å². The number of methoxy groups -OCH3 is 3. The van der Waals surface area contributed by atoms with Crippen molar-refractivity contribution < 1.29 is 23.5 Å². The average molecular weight is 418 g/mol. The maximum absolute atomic E-state index is 12.7. The van der Waals surface area contributed by atoms with Crippen LogP contribution in [0.2, 0.25) is 0 Å². The number of nitrogens with one attached hydrogen (secondary N) is 1. The summed E-state index contributed by atoms with van der Waals surface area (Å²) in [5, 5.41) is 9.19. The van der Waals surface area contributed by atoms with Gasteiger partial charge in [-0.15, -0.1) is 0 Å². The first-order chi connectivity index (χ1) is 15.1. The Labute approximate surface area is 179 Å².